The molecule has 0 unspecified atom stereocenters. The Morgan fingerprint density at radius 1 is 1.11 bits per heavy atom. The topological polar surface area (TPSA) is 77.3 Å². The second-order valence-electron chi connectivity index (χ2n) is 6.23. The van der Waals surface area contributed by atoms with Crippen molar-refractivity contribution in [2.75, 3.05) is 60.7 Å². The first-order valence-corrected chi connectivity index (χ1v) is 8.84. The monoisotopic (exact) mass is 375 g/mol. The molecular weight excluding hydrogens is 350 g/mol. The quantitative estimate of drug-likeness (QED) is 0.730. The van der Waals surface area contributed by atoms with E-state index in [-0.39, 0.29) is 5.91 Å². The first-order chi connectivity index (χ1) is 13.2. The first-order valence-electron chi connectivity index (χ1n) is 8.84. The zero-order chi connectivity index (χ0) is 19.2. The molecule has 2 heterocycles. The van der Waals surface area contributed by atoms with Gasteiger partial charge in [-0.25, -0.2) is 4.98 Å². The molecule has 146 valence electrons. The molecule has 0 bridgehead atoms. The Morgan fingerprint density at radius 3 is 2.52 bits per heavy atom. The highest BCUT2D eigenvalue weighted by Gasteiger charge is 2.27. The molecule has 2 aromatic rings. The Hall–Kier alpha value is -2.58. The van der Waals surface area contributed by atoms with Gasteiger partial charge in [-0.15, -0.1) is 0 Å². The molecule has 1 aromatic heterocycles. The second-order valence-corrected chi connectivity index (χ2v) is 6.23. The SMILES string of the molecule is COCCN1CCN(C(=O)c2ncoc2-c2ccc(OC)c(OC)c2)CC1. The van der Waals surface area contributed by atoms with Crippen LogP contribution >= 0.6 is 0 Å². The van der Waals surface area contributed by atoms with Crippen molar-refractivity contribution in [2.24, 2.45) is 0 Å². The number of benzene rings is 1. The van der Waals surface area contributed by atoms with E-state index < -0.39 is 0 Å². The molecule has 0 atom stereocenters. The van der Waals surface area contributed by atoms with Crippen LogP contribution < -0.4 is 9.47 Å². The highest BCUT2D eigenvalue weighted by atomic mass is 16.5. The van der Waals surface area contributed by atoms with Crippen LogP contribution in [0.1, 0.15) is 10.5 Å². The number of oxazole rings is 1. The van der Waals surface area contributed by atoms with Gasteiger partial charge in [0.2, 0.25) is 0 Å². The molecule has 1 aliphatic heterocycles. The fraction of sp³-hybridized carbons (Fsp3) is 0.474. The molecule has 1 aromatic carbocycles. The number of carbonyl (C=O) groups excluding carboxylic acids is 1. The van der Waals surface area contributed by atoms with Gasteiger partial charge in [0.25, 0.3) is 5.91 Å². The maximum Gasteiger partial charge on any atom is 0.276 e. The van der Waals surface area contributed by atoms with Crippen LogP contribution in [-0.2, 0) is 4.74 Å². The van der Waals surface area contributed by atoms with E-state index in [0.717, 1.165) is 19.6 Å². The standard InChI is InChI=1S/C19H25N3O5/c1-24-11-10-21-6-8-22(9-7-21)19(23)17-18(27-13-20-17)14-4-5-15(25-2)16(12-14)26-3/h4-5,12-13H,6-11H2,1-3H3. The van der Waals surface area contributed by atoms with Gasteiger partial charge in [0.05, 0.1) is 20.8 Å². The van der Waals surface area contributed by atoms with Crippen LogP contribution in [0.2, 0.25) is 0 Å². The summed E-state index contributed by atoms with van der Waals surface area (Å²) in [4.78, 5) is 21.2. The van der Waals surface area contributed by atoms with Gasteiger partial charge in [-0.05, 0) is 18.2 Å². The molecule has 1 amide bonds. The number of rotatable bonds is 7. The van der Waals surface area contributed by atoms with Crippen LogP contribution in [-0.4, -0.2) is 81.4 Å². The Kier molecular flexibility index (Phi) is 6.31. The lowest BCUT2D eigenvalue weighted by Gasteiger charge is -2.34. The molecule has 0 aliphatic carbocycles. The fourth-order valence-corrected chi connectivity index (χ4v) is 3.13. The minimum atomic E-state index is -0.125. The number of methoxy groups -OCH3 is 3. The van der Waals surface area contributed by atoms with E-state index in [4.69, 9.17) is 18.6 Å². The van der Waals surface area contributed by atoms with E-state index >= 15 is 0 Å². The van der Waals surface area contributed by atoms with Gasteiger partial charge in [-0.3, -0.25) is 9.69 Å². The van der Waals surface area contributed by atoms with E-state index in [9.17, 15) is 4.79 Å². The lowest BCUT2D eigenvalue weighted by atomic mass is 10.1. The maximum absolute atomic E-state index is 13.0. The zero-order valence-corrected chi connectivity index (χ0v) is 15.9. The molecule has 0 radical (unpaired) electrons. The number of hydrogen-bond acceptors (Lipinski definition) is 7. The number of hydrogen-bond donors (Lipinski definition) is 0. The molecule has 1 aliphatic rings. The van der Waals surface area contributed by atoms with Crippen LogP contribution in [0, 0.1) is 0 Å². The van der Waals surface area contributed by atoms with Crippen molar-refractivity contribution < 1.29 is 23.4 Å². The van der Waals surface area contributed by atoms with Crippen molar-refractivity contribution in [3.05, 3.63) is 30.3 Å². The minimum absolute atomic E-state index is 0.125. The highest BCUT2D eigenvalue weighted by Crippen LogP contribution is 2.33. The molecular formula is C19H25N3O5. The van der Waals surface area contributed by atoms with E-state index in [2.05, 4.69) is 9.88 Å². The Bertz CT molecular complexity index is 768. The summed E-state index contributed by atoms with van der Waals surface area (Å²) in [6.45, 7) is 4.51. The normalized spacial score (nSPS) is 15.0. The van der Waals surface area contributed by atoms with Gasteiger partial charge in [-0.2, -0.15) is 0 Å². The van der Waals surface area contributed by atoms with E-state index in [1.54, 1.807) is 33.5 Å². The largest absolute Gasteiger partial charge is 0.493 e. The van der Waals surface area contributed by atoms with E-state index in [1.165, 1.54) is 6.39 Å². The summed E-state index contributed by atoms with van der Waals surface area (Å²) >= 11 is 0. The zero-order valence-electron chi connectivity index (χ0n) is 15.9. The van der Waals surface area contributed by atoms with Crippen molar-refractivity contribution in [3.63, 3.8) is 0 Å². The Labute approximate surface area is 158 Å². The number of ether oxygens (including phenoxy) is 3. The van der Waals surface area contributed by atoms with Gasteiger partial charge in [-0.1, -0.05) is 0 Å². The van der Waals surface area contributed by atoms with Crippen LogP contribution in [0.3, 0.4) is 0 Å². The molecule has 1 fully saturated rings. The molecule has 1 saturated heterocycles. The van der Waals surface area contributed by atoms with E-state index in [0.29, 0.717) is 48.2 Å². The number of aromatic nitrogens is 1. The lowest BCUT2D eigenvalue weighted by molar-refractivity contribution is 0.0590. The van der Waals surface area contributed by atoms with Crippen LogP contribution in [0.15, 0.2) is 29.0 Å². The third-order valence-electron chi connectivity index (χ3n) is 4.69. The van der Waals surface area contributed by atoms with Gasteiger partial charge >= 0.3 is 0 Å². The molecule has 0 N–H and O–H groups in total. The minimum Gasteiger partial charge on any atom is -0.493 e. The molecule has 8 nitrogen and oxygen atoms in total. The van der Waals surface area contributed by atoms with Gasteiger partial charge in [0.15, 0.2) is 29.3 Å². The predicted octanol–water partition coefficient (Wildman–Crippen LogP) is 1.76. The molecule has 8 heteroatoms. The number of amides is 1. The summed E-state index contributed by atoms with van der Waals surface area (Å²) in [6, 6.07) is 5.37. The van der Waals surface area contributed by atoms with Crippen LogP contribution in [0.25, 0.3) is 11.3 Å². The summed E-state index contributed by atoms with van der Waals surface area (Å²) in [6.07, 6.45) is 1.30. The van der Waals surface area contributed by atoms with Crippen molar-refractivity contribution >= 4 is 5.91 Å². The summed E-state index contributed by atoms with van der Waals surface area (Å²) in [5.74, 6) is 1.49. The number of nitrogens with zero attached hydrogens (tertiary/aromatic N) is 3. The summed E-state index contributed by atoms with van der Waals surface area (Å²) in [5, 5.41) is 0. The third-order valence-corrected chi connectivity index (χ3v) is 4.69. The van der Waals surface area contributed by atoms with Gasteiger partial charge in [0, 0.05) is 45.4 Å². The second kappa shape index (κ2) is 8.88. The number of carbonyl (C=O) groups is 1. The van der Waals surface area contributed by atoms with Gasteiger partial charge < -0.3 is 23.5 Å². The third kappa shape index (κ3) is 4.23. The van der Waals surface area contributed by atoms with Crippen molar-refractivity contribution in [1.29, 1.82) is 0 Å². The summed E-state index contributed by atoms with van der Waals surface area (Å²) in [5.41, 5.74) is 1.03. The maximum atomic E-state index is 13.0. The van der Waals surface area contributed by atoms with Gasteiger partial charge in [0.1, 0.15) is 0 Å². The van der Waals surface area contributed by atoms with Crippen molar-refractivity contribution in [3.8, 4) is 22.8 Å². The Balaban J connectivity index is 1.74. The molecule has 3 rings (SSSR count). The van der Waals surface area contributed by atoms with Crippen molar-refractivity contribution in [2.45, 2.75) is 0 Å². The fourth-order valence-electron chi connectivity index (χ4n) is 3.13. The average Bonchev–Trinajstić information content (AvgIpc) is 3.21. The number of piperazine rings is 1. The smallest absolute Gasteiger partial charge is 0.276 e. The average molecular weight is 375 g/mol. The summed E-state index contributed by atoms with van der Waals surface area (Å²) < 4.78 is 21.2. The molecule has 0 saturated carbocycles. The molecule has 0 spiro atoms. The summed E-state index contributed by atoms with van der Waals surface area (Å²) in [7, 11) is 4.84. The van der Waals surface area contributed by atoms with E-state index in [1.807, 2.05) is 11.0 Å². The highest BCUT2D eigenvalue weighted by molar-refractivity contribution is 5.97. The Morgan fingerprint density at radius 2 is 1.85 bits per heavy atom. The lowest BCUT2D eigenvalue weighted by Crippen LogP contribution is -2.49. The molecule has 27 heavy (non-hydrogen) atoms. The first kappa shape index (κ1) is 19.2. The predicted molar refractivity (Wildman–Crippen MR) is 99.3 cm³/mol. The van der Waals surface area contributed by atoms with Crippen molar-refractivity contribution in [1.82, 2.24) is 14.8 Å². The van der Waals surface area contributed by atoms with Crippen LogP contribution in [0.5, 0.6) is 11.5 Å². The van der Waals surface area contributed by atoms with Crippen LogP contribution in [0.4, 0.5) is 0 Å².